The average Bonchev–Trinajstić information content (AvgIpc) is 3.02. The smallest absolute Gasteiger partial charge is 0.348 e. The van der Waals surface area contributed by atoms with E-state index in [4.69, 9.17) is 9.47 Å². The molecule has 1 aliphatic rings. The van der Waals surface area contributed by atoms with E-state index in [9.17, 15) is 19.5 Å². The maximum absolute atomic E-state index is 12.8. The molecule has 0 aromatic carbocycles. The average molecular weight is 374 g/mol. The molecule has 10 nitrogen and oxygen atoms in total. The maximum atomic E-state index is 12.8. The van der Waals surface area contributed by atoms with Crippen LogP contribution in [0.2, 0.25) is 0 Å². The summed E-state index contributed by atoms with van der Waals surface area (Å²) in [5.41, 5.74) is 1.55. The quantitative estimate of drug-likeness (QED) is 0.742. The van der Waals surface area contributed by atoms with Crippen molar-refractivity contribution in [3.63, 3.8) is 0 Å². The van der Waals surface area contributed by atoms with Crippen molar-refractivity contribution >= 4 is 23.7 Å². The van der Waals surface area contributed by atoms with Gasteiger partial charge in [0.2, 0.25) is 6.10 Å². The summed E-state index contributed by atoms with van der Waals surface area (Å²) in [5.74, 6) is -2.54. The molecule has 2 atom stereocenters. The zero-order valence-electron chi connectivity index (χ0n) is 14.7. The minimum absolute atomic E-state index is 0.0859. The monoisotopic (exact) mass is 374 g/mol. The van der Waals surface area contributed by atoms with Gasteiger partial charge in [0.1, 0.15) is 0 Å². The molecule has 2 aromatic rings. The molecule has 27 heavy (non-hydrogen) atoms. The predicted molar refractivity (Wildman–Crippen MR) is 91.4 cm³/mol. The molecular weight excluding hydrogens is 356 g/mol. The van der Waals surface area contributed by atoms with E-state index in [-0.39, 0.29) is 13.2 Å². The lowest BCUT2D eigenvalue weighted by atomic mass is 10.1. The molecule has 1 saturated heterocycles. The highest BCUT2D eigenvalue weighted by Crippen LogP contribution is 2.23. The standard InChI is InChI=1S/C17H18N4O6/c1-10-9-13(19-21(10)12-3-5-18-6-4-12)20-7-8-26-14(16(20)23)15(17(24)25)27-11(2)22/h3-6,9,14-15H,7-8H2,1-2H3,(H,24,25)/t14?,15-/m1/s1. The number of morpholine rings is 1. The Kier molecular flexibility index (Phi) is 5.17. The van der Waals surface area contributed by atoms with Crippen molar-refractivity contribution in [1.82, 2.24) is 14.8 Å². The first kappa shape index (κ1) is 18.5. The first-order valence-corrected chi connectivity index (χ1v) is 8.18. The summed E-state index contributed by atoms with van der Waals surface area (Å²) < 4.78 is 11.7. The number of carboxylic acids is 1. The van der Waals surface area contributed by atoms with Gasteiger partial charge in [-0.15, -0.1) is 5.10 Å². The van der Waals surface area contributed by atoms with Gasteiger partial charge in [-0.1, -0.05) is 0 Å². The topological polar surface area (TPSA) is 124 Å². The number of nitrogens with zero attached hydrogens (tertiary/aromatic N) is 4. The van der Waals surface area contributed by atoms with Crippen molar-refractivity contribution in [2.45, 2.75) is 26.1 Å². The Morgan fingerprint density at radius 3 is 2.70 bits per heavy atom. The second kappa shape index (κ2) is 7.54. The fourth-order valence-corrected chi connectivity index (χ4v) is 2.81. The summed E-state index contributed by atoms with van der Waals surface area (Å²) in [6, 6.07) is 5.26. The molecule has 10 heteroatoms. The van der Waals surface area contributed by atoms with E-state index in [0.29, 0.717) is 5.82 Å². The number of rotatable bonds is 5. The number of aliphatic carboxylic acids is 1. The third-order valence-corrected chi connectivity index (χ3v) is 3.99. The molecular formula is C17H18N4O6. The van der Waals surface area contributed by atoms with E-state index < -0.39 is 30.1 Å². The number of pyridine rings is 1. The largest absolute Gasteiger partial charge is 0.478 e. The van der Waals surface area contributed by atoms with Gasteiger partial charge in [0.05, 0.1) is 18.8 Å². The van der Waals surface area contributed by atoms with Crippen LogP contribution in [0.15, 0.2) is 30.6 Å². The fraction of sp³-hybridized carbons (Fsp3) is 0.353. The molecule has 2 aromatic heterocycles. The summed E-state index contributed by atoms with van der Waals surface area (Å²) in [4.78, 5) is 40.7. The van der Waals surface area contributed by atoms with Crippen molar-refractivity contribution in [2.24, 2.45) is 0 Å². The van der Waals surface area contributed by atoms with Crippen molar-refractivity contribution in [2.75, 3.05) is 18.1 Å². The van der Waals surface area contributed by atoms with Crippen LogP contribution in [0.1, 0.15) is 12.6 Å². The molecule has 1 N–H and O–H groups in total. The molecule has 0 radical (unpaired) electrons. The van der Waals surface area contributed by atoms with Gasteiger partial charge in [0, 0.05) is 31.1 Å². The lowest BCUT2D eigenvalue weighted by Crippen LogP contribution is -2.55. The van der Waals surface area contributed by atoms with E-state index in [1.54, 1.807) is 35.3 Å². The van der Waals surface area contributed by atoms with Gasteiger partial charge < -0.3 is 14.6 Å². The normalized spacial score (nSPS) is 18.2. The second-order valence-electron chi connectivity index (χ2n) is 5.91. The second-order valence-corrected chi connectivity index (χ2v) is 5.91. The molecule has 0 saturated carbocycles. The minimum Gasteiger partial charge on any atom is -0.478 e. The molecule has 1 fully saturated rings. The van der Waals surface area contributed by atoms with Crippen molar-refractivity contribution in [1.29, 1.82) is 0 Å². The minimum atomic E-state index is -1.72. The number of carbonyl (C=O) groups excluding carboxylic acids is 2. The third kappa shape index (κ3) is 3.80. The number of hydrogen-bond acceptors (Lipinski definition) is 7. The van der Waals surface area contributed by atoms with Gasteiger partial charge in [0.25, 0.3) is 5.91 Å². The summed E-state index contributed by atoms with van der Waals surface area (Å²) in [6.45, 7) is 3.19. The number of hydrogen-bond donors (Lipinski definition) is 1. The molecule has 3 rings (SSSR count). The SMILES string of the molecule is CC(=O)O[C@@H](C(=O)O)C1OCCN(c2cc(C)n(-c3ccncc3)n2)C1=O. The summed E-state index contributed by atoms with van der Waals surface area (Å²) >= 11 is 0. The lowest BCUT2D eigenvalue weighted by Gasteiger charge is -2.33. The maximum Gasteiger partial charge on any atom is 0.348 e. The van der Waals surface area contributed by atoms with Crippen LogP contribution >= 0.6 is 0 Å². The number of aryl methyl sites for hydroxylation is 1. The van der Waals surface area contributed by atoms with E-state index in [2.05, 4.69) is 10.1 Å². The van der Waals surface area contributed by atoms with Crippen LogP contribution in [-0.2, 0) is 23.9 Å². The van der Waals surface area contributed by atoms with Crippen molar-refractivity contribution in [3.8, 4) is 5.69 Å². The zero-order chi connectivity index (χ0) is 19.6. The molecule has 3 heterocycles. The van der Waals surface area contributed by atoms with Gasteiger partial charge in [-0.3, -0.25) is 19.5 Å². The first-order chi connectivity index (χ1) is 12.9. The lowest BCUT2D eigenvalue weighted by molar-refractivity contribution is -0.177. The van der Waals surface area contributed by atoms with Gasteiger partial charge in [-0.2, -0.15) is 0 Å². The Labute approximate surface area is 154 Å². The Balaban J connectivity index is 1.88. The first-order valence-electron chi connectivity index (χ1n) is 8.18. The molecule has 0 bridgehead atoms. The van der Waals surface area contributed by atoms with Crippen LogP contribution in [-0.4, -0.2) is 63.1 Å². The van der Waals surface area contributed by atoms with Gasteiger partial charge in [-0.25, -0.2) is 9.48 Å². The number of ether oxygens (including phenoxy) is 2. The predicted octanol–water partition coefficient (Wildman–Crippen LogP) is 0.324. The Hall–Kier alpha value is -3.27. The Morgan fingerprint density at radius 1 is 1.37 bits per heavy atom. The van der Waals surface area contributed by atoms with Gasteiger partial charge >= 0.3 is 11.9 Å². The fourth-order valence-electron chi connectivity index (χ4n) is 2.81. The number of carboxylic acid groups (broad SMARTS) is 1. The van der Waals surface area contributed by atoms with Crippen LogP contribution in [0, 0.1) is 6.92 Å². The molecule has 0 aliphatic carbocycles. The van der Waals surface area contributed by atoms with E-state index in [1.807, 2.05) is 6.92 Å². The zero-order valence-corrected chi connectivity index (χ0v) is 14.7. The number of carbonyl (C=O) groups is 3. The van der Waals surface area contributed by atoms with Crippen LogP contribution in [0.25, 0.3) is 5.69 Å². The number of aromatic nitrogens is 3. The van der Waals surface area contributed by atoms with E-state index >= 15 is 0 Å². The number of esters is 1. The third-order valence-electron chi connectivity index (χ3n) is 3.99. The van der Waals surface area contributed by atoms with Crippen LogP contribution in [0.5, 0.6) is 0 Å². The molecule has 1 aliphatic heterocycles. The Morgan fingerprint density at radius 2 is 2.07 bits per heavy atom. The van der Waals surface area contributed by atoms with Crippen molar-refractivity contribution in [3.05, 3.63) is 36.3 Å². The Bertz CT molecular complexity index is 866. The summed E-state index contributed by atoms with van der Waals surface area (Å²) in [6.07, 6.45) is 0.0956. The summed E-state index contributed by atoms with van der Waals surface area (Å²) in [7, 11) is 0. The molecule has 1 amide bonds. The van der Waals surface area contributed by atoms with E-state index in [0.717, 1.165) is 18.3 Å². The number of amides is 1. The van der Waals surface area contributed by atoms with Crippen LogP contribution in [0.3, 0.4) is 0 Å². The highest BCUT2D eigenvalue weighted by molar-refractivity contribution is 6.00. The van der Waals surface area contributed by atoms with Gasteiger partial charge in [-0.05, 0) is 19.1 Å². The van der Waals surface area contributed by atoms with Crippen molar-refractivity contribution < 1.29 is 29.0 Å². The highest BCUT2D eigenvalue weighted by atomic mass is 16.6. The highest BCUT2D eigenvalue weighted by Gasteiger charge is 2.43. The van der Waals surface area contributed by atoms with E-state index in [1.165, 1.54) is 4.90 Å². The molecule has 1 unspecified atom stereocenters. The molecule has 142 valence electrons. The number of anilines is 1. The molecule has 0 spiro atoms. The van der Waals surface area contributed by atoms with Crippen LogP contribution in [0.4, 0.5) is 5.82 Å². The van der Waals surface area contributed by atoms with Gasteiger partial charge in [0.15, 0.2) is 11.9 Å². The van der Waals surface area contributed by atoms with Crippen LogP contribution < -0.4 is 4.90 Å². The summed E-state index contributed by atoms with van der Waals surface area (Å²) in [5, 5.41) is 13.7.